The summed E-state index contributed by atoms with van der Waals surface area (Å²) >= 11 is 1.42. The first-order valence-corrected chi connectivity index (χ1v) is 14.4. The summed E-state index contributed by atoms with van der Waals surface area (Å²) in [6.07, 6.45) is 9.24. The molecule has 2 bridgehead atoms. The Labute approximate surface area is 225 Å². The maximum atomic E-state index is 16.0. The molecule has 0 spiro atoms. The van der Waals surface area contributed by atoms with E-state index in [1.54, 1.807) is 24.4 Å². The number of nitrogens with one attached hydrogen (secondary N) is 1. The molecule has 1 aliphatic carbocycles. The molecule has 10 heteroatoms. The number of anilines is 1. The minimum absolute atomic E-state index is 0.0751. The molecule has 0 amide bonds. The maximum Gasteiger partial charge on any atom is 0.185 e. The molecule has 2 aromatic heterocycles. The second kappa shape index (κ2) is 9.41. The number of hydrogen-bond donors (Lipinski definition) is 2. The molecule has 3 aliphatic rings. The Morgan fingerprint density at radius 3 is 2.58 bits per heavy atom. The number of pyridine rings is 1. The zero-order chi connectivity index (χ0) is 26.7. The number of benzene rings is 1. The third-order valence-electron chi connectivity index (χ3n) is 8.32. The molecule has 38 heavy (non-hydrogen) atoms. The third kappa shape index (κ3) is 4.51. The van der Waals surface area contributed by atoms with E-state index in [0.29, 0.717) is 34.0 Å². The minimum atomic E-state index is -1.03. The highest BCUT2D eigenvalue weighted by molar-refractivity contribution is 7.98. The lowest BCUT2D eigenvalue weighted by Gasteiger charge is -2.57. The molecular weight excluding hydrogens is 506 g/mol. The van der Waals surface area contributed by atoms with Crippen molar-refractivity contribution in [2.24, 2.45) is 0 Å². The number of aromatic hydroxyl groups is 1. The number of aromatic nitrogens is 4. The van der Waals surface area contributed by atoms with Crippen LogP contribution in [0.4, 0.5) is 14.6 Å². The minimum Gasteiger partial charge on any atom is -0.507 e. The van der Waals surface area contributed by atoms with Crippen LogP contribution in [-0.2, 0) is 0 Å². The number of alkyl halides is 1. The maximum absolute atomic E-state index is 16.0. The molecule has 6 rings (SSSR count). The lowest BCUT2D eigenvalue weighted by atomic mass is 9.68. The van der Waals surface area contributed by atoms with Crippen LogP contribution < -0.4 is 10.2 Å². The smallest absolute Gasteiger partial charge is 0.185 e. The summed E-state index contributed by atoms with van der Waals surface area (Å²) in [4.78, 5) is 10.7. The van der Waals surface area contributed by atoms with Gasteiger partial charge in [-0.2, -0.15) is 0 Å². The summed E-state index contributed by atoms with van der Waals surface area (Å²) in [6.45, 7) is 4.21. The van der Waals surface area contributed by atoms with Crippen LogP contribution >= 0.6 is 11.8 Å². The molecule has 4 atom stereocenters. The van der Waals surface area contributed by atoms with Crippen LogP contribution in [0.1, 0.15) is 52.4 Å². The van der Waals surface area contributed by atoms with Crippen molar-refractivity contribution in [3.05, 3.63) is 42.5 Å². The Kier molecular flexibility index (Phi) is 6.30. The van der Waals surface area contributed by atoms with E-state index in [0.717, 1.165) is 32.1 Å². The van der Waals surface area contributed by atoms with Gasteiger partial charge in [-0.3, -0.25) is 0 Å². The van der Waals surface area contributed by atoms with E-state index in [9.17, 15) is 9.50 Å². The van der Waals surface area contributed by atoms with Gasteiger partial charge in [-0.05, 0) is 82.4 Å². The molecule has 7 nitrogen and oxygen atoms in total. The Bertz CT molecular complexity index is 1360. The van der Waals surface area contributed by atoms with E-state index in [-0.39, 0.29) is 29.2 Å². The van der Waals surface area contributed by atoms with Crippen molar-refractivity contribution in [3.8, 4) is 28.3 Å². The molecule has 3 aromatic rings. The quantitative estimate of drug-likeness (QED) is 0.396. The van der Waals surface area contributed by atoms with Gasteiger partial charge >= 0.3 is 0 Å². The zero-order valence-electron chi connectivity index (χ0n) is 21.8. The van der Waals surface area contributed by atoms with Crippen LogP contribution in [0.25, 0.3) is 22.5 Å². The molecule has 2 N–H and O–H groups in total. The molecule has 1 saturated carbocycles. The number of phenols is 1. The summed E-state index contributed by atoms with van der Waals surface area (Å²) < 4.78 is 30.4. The van der Waals surface area contributed by atoms with Crippen molar-refractivity contribution in [2.45, 2.75) is 86.7 Å². The zero-order valence-corrected chi connectivity index (χ0v) is 22.6. The summed E-state index contributed by atoms with van der Waals surface area (Å²) in [7, 11) is 0. The second-order valence-corrected chi connectivity index (χ2v) is 12.2. The first kappa shape index (κ1) is 25.4. The number of rotatable bonds is 6. The molecule has 1 aromatic carbocycles. The van der Waals surface area contributed by atoms with Crippen LogP contribution in [-0.4, -0.2) is 60.9 Å². The van der Waals surface area contributed by atoms with E-state index in [1.807, 2.05) is 13.2 Å². The predicted molar refractivity (Wildman–Crippen MR) is 144 cm³/mol. The third-order valence-corrected chi connectivity index (χ3v) is 8.96. The molecular formula is C28H32F2N6OS. The molecule has 4 heterocycles. The van der Waals surface area contributed by atoms with Crippen molar-refractivity contribution < 1.29 is 13.9 Å². The fourth-order valence-corrected chi connectivity index (χ4v) is 6.77. The van der Waals surface area contributed by atoms with Gasteiger partial charge in [0.1, 0.15) is 17.7 Å². The van der Waals surface area contributed by atoms with E-state index in [2.05, 4.69) is 37.3 Å². The Balaban J connectivity index is 1.28. The molecule has 2 saturated heterocycles. The normalized spacial score (nSPS) is 28.8. The first-order valence-electron chi connectivity index (χ1n) is 13.1. The number of halogens is 2. The number of phenolic OH excluding ortho intramolecular Hbond substituents is 1. The van der Waals surface area contributed by atoms with Gasteiger partial charge in [-0.25, -0.2) is 18.7 Å². The van der Waals surface area contributed by atoms with Gasteiger partial charge in [0.25, 0.3) is 0 Å². The lowest BCUT2D eigenvalue weighted by molar-refractivity contribution is 0.000258. The van der Waals surface area contributed by atoms with Gasteiger partial charge < -0.3 is 15.3 Å². The van der Waals surface area contributed by atoms with Crippen LogP contribution in [0.2, 0.25) is 0 Å². The summed E-state index contributed by atoms with van der Waals surface area (Å²) in [5.74, 6) is 0.282. The topological polar surface area (TPSA) is 87.1 Å². The highest BCUT2D eigenvalue weighted by Gasteiger charge is 2.55. The Hall–Kier alpha value is -2.85. The highest BCUT2D eigenvalue weighted by atomic mass is 32.2. The van der Waals surface area contributed by atoms with Crippen LogP contribution in [0.5, 0.6) is 5.75 Å². The number of nitrogens with zero attached hydrogens (tertiary/aromatic N) is 5. The lowest BCUT2D eigenvalue weighted by Crippen LogP contribution is -2.73. The van der Waals surface area contributed by atoms with E-state index in [4.69, 9.17) is 0 Å². The predicted octanol–water partition coefficient (Wildman–Crippen LogP) is 5.54. The number of hydrogen-bond acceptors (Lipinski definition) is 8. The van der Waals surface area contributed by atoms with Crippen LogP contribution in [0.3, 0.4) is 0 Å². The van der Waals surface area contributed by atoms with Crippen LogP contribution in [0, 0.1) is 5.82 Å². The van der Waals surface area contributed by atoms with E-state index < -0.39 is 17.5 Å². The SMILES string of the molecule is CSc1cc(-c2ccc(-c3ncc(N(C4CC4)[C@H]4C[C@]5(C)CCC[C@@](C)(N5)[C@H]4F)nn3)c(O)c2)c(F)cn1. The molecule has 200 valence electrons. The van der Waals surface area contributed by atoms with Gasteiger partial charge in [0.15, 0.2) is 11.6 Å². The van der Waals surface area contributed by atoms with Crippen molar-refractivity contribution in [1.82, 2.24) is 25.5 Å². The van der Waals surface area contributed by atoms with Crippen molar-refractivity contribution in [2.75, 3.05) is 11.2 Å². The van der Waals surface area contributed by atoms with E-state index in [1.165, 1.54) is 24.0 Å². The first-order chi connectivity index (χ1) is 18.2. The molecule has 3 fully saturated rings. The summed E-state index contributed by atoms with van der Waals surface area (Å²) in [5, 5.41) is 23.9. The summed E-state index contributed by atoms with van der Waals surface area (Å²) in [5.41, 5.74) is 0.619. The fraction of sp³-hybridized carbons (Fsp3) is 0.500. The number of piperidine rings is 2. The Morgan fingerprint density at radius 1 is 1.08 bits per heavy atom. The fourth-order valence-electron chi connectivity index (χ4n) is 6.38. The average molecular weight is 539 g/mol. The largest absolute Gasteiger partial charge is 0.507 e. The monoisotopic (exact) mass is 538 g/mol. The average Bonchev–Trinajstić information content (AvgIpc) is 3.73. The van der Waals surface area contributed by atoms with Crippen LogP contribution in [0.15, 0.2) is 41.7 Å². The molecule has 2 aliphatic heterocycles. The van der Waals surface area contributed by atoms with Gasteiger partial charge in [-0.15, -0.1) is 22.0 Å². The standard InChI is InChI=1S/C28H32F2N6OS/c1-27-9-4-10-28(2,35-27)25(30)21(13-27)36(17-6-7-17)23-15-32-26(34-33-23)18-8-5-16(11-22(18)37)19-12-24(38-3)31-14-20(19)29/h5,8,11-12,14-15,17,21,25,35,37H,4,6-7,9-10,13H2,1-3H3/t21-,25-,27-,28+/m0/s1. The van der Waals surface area contributed by atoms with Crippen molar-refractivity contribution in [3.63, 3.8) is 0 Å². The van der Waals surface area contributed by atoms with Gasteiger partial charge in [0, 0.05) is 22.7 Å². The van der Waals surface area contributed by atoms with Gasteiger partial charge in [0.05, 0.1) is 29.0 Å². The summed E-state index contributed by atoms with van der Waals surface area (Å²) in [6, 6.07) is 6.46. The van der Waals surface area contributed by atoms with Crippen molar-refractivity contribution in [1.29, 1.82) is 0 Å². The van der Waals surface area contributed by atoms with Gasteiger partial charge in [0.2, 0.25) is 0 Å². The number of thioether (sulfide) groups is 1. The highest BCUT2D eigenvalue weighted by Crippen LogP contribution is 2.46. The number of fused-ring (bicyclic) bond motifs is 2. The van der Waals surface area contributed by atoms with Gasteiger partial charge in [-0.1, -0.05) is 6.07 Å². The Morgan fingerprint density at radius 2 is 1.89 bits per heavy atom. The van der Waals surface area contributed by atoms with Crippen molar-refractivity contribution >= 4 is 17.6 Å². The molecule has 0 unspecified atom stereocenters. The second-order valence-electron chi connectivity index (χ2n) is 11.3. The van der Waals surface area contributed by atoms with E-state index >= 15 is 4.39 Å². The molecule has 0 radical (unpaired) electrons.